The number of likely N-dealkylation sites (tertiary alicyclic amines) is 1. The van der Waals surface area contributed by atoms with E-state index in [1.165, 1.54) is 19.3 Å². The highest BCUT2D eigenvalue weighted by atomic mass is 16.2. The van der Waals surface area contributed by atoms with E-state index in [9.17, 15) is 4.79 Å². The van der Waals surface area contributed by atoms with Crippen LogP contribution in [0.3, 0.4) is 0 Å². The van der Waals surface area contributed by atoms with Crippen LogP contribution in [0.4, 0.5) is 0 Å². The van der Waals surface area contributed by atoms with Crippen LogP contribution in [0.1, 0.15) is 67.7 Å². The first kappa shape index (κ1) is 18.8. The quantitative estimate of drug-likeness (QED) is 0.706. The Morgan fingerprint density at radius 1 is 1.12 bits per heavy atom. The van der Waals surface area contributed by atoms with Crippen LogP contribution >= 0.6 is 0 Å². The fraction of sp³-hybridized carbons (Fsp3) is 0.933. The van der Waals surface area contributed by atoms with Crippen molar-refractivity contribution in [2.45, 2.75) is 67.7 Å². The Morgan fingerprint density at radius 3 is 1.82 bits per heavy atom. The molecule has 0 aromatic carbocycles. The Bertz CT molecular complexity index is 170. The van der Waals surface area contributed by atoms with Crippen molar-refractivity contribution in [3.8, 4) is 0 Å². The minimum absolute atomic E-state index is 0.165. The summed E-state index contributed by atoms with van der Waals surface area (Å²) >= 11 is 0. The summed E-state index contributed by atoms with van der Waals surface area (Å²) in [4.78, 5) is 13.6. The Kier molecular flexibility index (Phi) is 13.2. The summed E-state index contributed by atoms with van der Waals surface area (Å²) < 4.78 is 0. The van der Waals surface area contributed by atoms with Gasteiger partial charge in [0, 0.05) is 19.0 Å². The molecule has 1 amide bonds. The number of amides is 1. The number of hydrogen-bond acceptors (Lipinski definition) is 1. The second-order valence-electron chi connectivity index (χ2n) is 4.33. The molecule has 1 aliphatic heterocycles. The standard InChI is InChI=1S/C11H21NO.2C2H6/c1-4-10-5-7-12(8-6-10)11(13)9(2)3;2*1-2/h9-10H,4-8H2,1-3H3;2*1-2H3. The SMILES string of the molecule is CC.CC.CCC1CCN(C(=O)C(C)C)CC1. The van der Waals surface area contributed by atoms with Gasteiger partial charge in [-0.1, -0.05) is 54.9 Å². The van der Waals surface area contributed by atoms with Gasteiger partial charge in [-0.2, -0.15) is 0 Å². The average molecular weight is 243 g/mol. The van der Waals surface area contributed by atoms with Gasteiger partial charge in [0.25, 0.3) is 0 Å². The second kappa shape index (κ2) is 11.9. The fourth-order valence-corrected chi connectivity index (χ4v) is 1.93. The molecule has 0 aliphatic carbocycles. The van der Waals surface area contributed by atoms with Crippen molar-refractivity contribution < 1.29 is 4.79 Å². The molecule has 1 aliphatic rings. The minimum Gasteiger partial charge on any atom is -0.342 e. The second-order valence-corrected chi connectivity index (χ2v) is 4.33. The number of rotatable bonds is 2. The van der Waals surface area contributed by atoms with E-state index >= 15 is 0 Å². The lowest BCUT2D eigenvalue weighted by Gasteiger charge is -2.32. The van der Waals surface area contributed by atoms with E-state index in [0.29, 0.717) is 5.91 Å². The topological polar surface area (TPSA) is 20.3 Å². The number of carbonyl (C=O) groups excluding carboxylic acids is 1. The van der Waals surface area contributed by atoms with Gasteiger partial charge in [0.15, 0.2) is 0 Å². The van der Waals surface area contributed by atoms with E-state index in [1.807, 2.05) is 46.4 Å². The summed E-state index contributed by atoms with van der Waals surface area (Å²) in [6.07, 6.45) is 3.67. The van der Waals surface area contributed by atoms with E-state index in [2.05, 4.69) is 6.92 Å². The molecule has 0 saturated carbocycles. The Labute approximate surface area is 109 Å². The Hall–Kier alpha value is -0.530. The lowest BCUT2D eigenvalue weighted by Crippen LogP contribution is -2.40. The maximum Gasteiger partial charge on any atom is 0.225 e. The van der Waals surface area contributed by atoms with Gasteiger partial charge in [-0.25, -0.2) is 0 Å². The van der Waals surface area contributed by atoms with Crippen LogP contribution < -0.4 is 0 Å². The van der Waals surface area contributed by atoms with Gasteiger partial charge < -0.3 is 4.90 Å². The zero-order valence-corrected chi connectivity index (χ0v) is 13.0. The van der Waals surface area contributed by atoms with Crippen LogP contribution in [-0.4, -0.2) is 23.9 Å². The molecule has 0 bridgehead atoms. The highest BCUT2D eigenvalue weighted by molar-refractivity contribution is 5.78. The molecule has 0 aromatic rings. The first-order valence-electron chi connectivity index (χ1n) is 7.44. The van der Waals surface area contributed by atoms with Crippen molar-refractivity contribution in [1.29, 1.82) is 0 Å². The molecule has 0 unspecified atom stereocenters. The molecule has 2 heteroatoms. The largest absolute Gasteiger partial charge is 0.342 e. The first-order valence-corrected chi connectivity index (χ1v) is 7.44. The smallest absolute Gasteiger partial charge is 0.225 e. The Balaban J connectivity index is 0. The third kappa shape index (κ3) is 7.40. The first-order chi connectivity index (χ1) is 8.15. The van der Waals surface area contributed by atoms with Crippen molar-refractivity contribution >= 4 is 5.91 Å². The monoisotopic (exact) mass is 243 g/mol. The van der Waals surface area contributed by atoms with E-state index in [1.54, 1.807) is 0 Å². The molecule has 1 fully saturated rings. The van der Waals surface area contributed by atoms with Crippen molar-refractivity contribution in [1.82, 2.24) is 4.90 Å². The zero-order valence-electron chi connectivity index (χ0n) is 13.0. The van der Waals surface area contributed by atoms with Gasteiger partial charge in [-0.15, -0.1) is 0 Å². The molecule has 1 heterocycles. The van der Waals surface area contributed by atoms with Crippen LogP contribution in [-0.2, 0) is 4.79 Å². The summed E-state index contributed by atoms with van der Waals surface area (Å²) in [5, 5.41) is 0. The summed E-state index contributed by atoms with van der Waals surface area (Å²) in [5.74, 6) is 1.35. The molecule has 0 spiro atoms. The van der Waals surface area contributed by atoms with Crippen molar-refractivity contribution in [2.75, 3.05) is 13.1 Å². The maximum absolute atomic E-state index is 11.6. The molecule has 104 valence electrons. The van der Waals surface area contributed by atoms with Gasteiger partial charge in [-0.05, 0) is 18.8 Å². The molecule has 2 nitrogen and oxygen atoms in total. The van der Waals surface area contributed by atoms with Crippen molar-refractivity contribution in [2.24, 2.45) is 11.8 Å². The predicted octanol–water partition coefficient (Wildman–Crippen LogP) is 4.34. The fourth-order valence-electron chi connectivity index (χ4n) is 1.93. The molecule has 0 N–H and O–H groups in total. The number of carbonyl (C=O) groups is 1. The summed E-state index contributed by atoms with van der Waals surface area (Å²) in [7, 11) is 0. The van der Waals surface area contributed by atoms with Crippen molar-refractivity contribution in [3.63, 3.8) is 0 Å². The molecule has 0 aromatic heterocycles. The van der Waals surface area contributed by atoms with Crippen LogP contribution in [0, 0.1) is 11.8 Å². The van der Waals surface area contributed by atoms with Crippen LogP contribution in [0.15, 0.2) is 0 Å². The average Bonchev–Trinajstić information content (AvgIpc) is 2.42. The van der Waals surface area contributed by atoms with Gasteiger partial charge in [-0.3, -0.25) is 4.79 Å². The van der Waals surface area contributed by atoms with Crippen LogP contribution in [0.2, 0.25) is 0 Å². The molecule has 1 rings (SSSR count). The Morgan fingerprint density at radius 2 is 1.53 bits per heavy atom. The predicted molar refractivity (Wildman–Crippen MR) is 77.1 cm³/mol. The van der Waals surface area contributed by atoms with Crippen LogP contribution in [0.25, 0.3) is 0 Å². The highest BCUT2D eigenvalue weighted by Crippen LogP contribution is 2.20. The molecule has 0 radical (unpaired) electrons. The lowest BCUT2D eigenvalue weighted by atomic mass is 9.94. The normalized spacial score (nSPS) is 15.6. The summed E-state index contributed by atoms with van der Waals surface area (Å²) in [5.41, 5.74) is 0. The number of hydrogen-bond donors (Lipinski definition) is 0. The van der Waals surface area contributed by atoms with Gasteiger partial charge in [0.1, 0.15) is 0 Å². The van der Waals surface area contributed by atoms with E-state index in [0.717, 1.165) is 19.0 Å². The van der Waals surface area contributed by atoms with Gasteiger partial charge in [0.2, 0.25) is 5.91 Å². The van der Waals surface area contributed by atoms with Gasteiger partial charge >= 0.3 is 0 Å². The molecular formula is C15H33NO. The third-order valence-electron chi connectivity index (χ3n) is 3.00. The van der Waals surface area contributed by atoms with E-state index in [-0.39, 0.29) is 5.92 Å². The van der Waals surface area contributed by atoms with Crippen LogP contribution in [0.5, 0.6) is 0 Å². The molecule has 17 heavy (non-hydrogen) atoms. The van der Waals surface area contributed by atoms with Crippen molar-refractivity contribution in [3.05, 3.63) is 0 Å². The highest BCUT2D eigenvalue weighted by Gasteiger charge is 2.22. The molecular weight excluding hydrogens is 210 g/mol. The summed E-state index contributed by atoms with van der Waals surface area (Å²) in [6, 6.07) is 0. The third-order valence-corrected chi connectivity index (χ3v) is 3.00. The van der Waals surface area contributed by atoms with Gasteiger partial charge in [0.05, 0.1) is 0 Å². The molecule has 1 saturated heterocycles. The number of piperidine rings is 1. The zero-order chi connectivity index (χ0) is 13.8. The number of nitrogens with zero attached hydrogens (tertiary/aromatic N) is 1. The maximum atomic E-state index is 11.6. The minimum atomic E-state index is 0.165. The lowest BCUT2D eigenvalue weighted by molar-refractivity contribution is -0.135. The summed E-state index contributed by atoms with van der Waals surface area (Å²) in [6.45, 7) is 16.2. The van der Waals surface area contributed by atoms with E-state index < -0.39 is 0 Å². The molecule has 0 atom stereocenters. The van der Waals surface area contributed by atoms with E-state index in [4.69, 9.17) is 0 Å².